The Hall–Kier alpha value is -11.4. The quantitative estimate of drug-likeness (QED) is 0.0125. The zero-order valence-electron chi connectivity index (χ0n) is 71.7. The number of ketones is 4. The van der Waals surface area contributed by atoms with Gasteiger partial charge in [-0.05, 0) is 96.2 Å². The third kappa shape index (κ3) is 39.5. The van der Waals surface area contributed by atoms with Crippen LogP contribution in [0.2, 0.25) is 0 Å². The molecule has 4 aromatic carbocycles. The van der Waals surface area contributed by atoms with Gasteiger partial charge in [0.05, 0.1) is 35.8 Å². The Morgan fingerprint density at radius 2 is 0.785 bits per heavy atom. The largest absolute Gasteiger partial charge is 0.490 e. The summed E-state index contributed by atoms with van der Waals surface area (Å²) in [5.74, 6) is -17.4. The molecule has 716 valence electrons. The van der Waals surface area contributed by atoms with Crippen LogP contribution in [0.4, 0.5) is 43.9 Å². The number of halogens is 10. The summed E-state index contributed by atoms with van der Waals surface area (Å²) in [6, 6.07) is 22.4. The van der Waals surface area contributed by atoms with Crippen LogP contribution in [-0.4, -0.2) is 240 Å². The molecule has 0 aliphatic carbocycles. The zero-order chi connectivity index (χ0) is 98.5. The van der Waals surface area contributed by atoms with E-state index in [9.17, 15) is 108 Å². The molecule has 130 heavy (non-hydrogen) atoms. The lowest BCUT2D eigenvalue weighted by Crippen LogP contribution is -2.47. The molecule has 0 saturated carbocycles. The van der Waals surface area contributed by atoms with Crippen molar-refractivity contribution in [1.29, 1.82) is 0 Å². The lowest BCUT2D eigenvalue weighted by atomic mass is 9.82. The number of nitrogens with two attached hydrogens (primary N) is 4. The maximum absolute atomic E-state index is 15.0. The molecule has 6 aromatic rings. The number of hydrogen-bond donors (Lipinski definition) is 14. The molecule has 44 heteroatoms. The molecule has 4 amide bonds. The molecule has 0 radical (unpaired) electrons. The van der Waals surface area contributed by atoms with Gasteiger partial charge in [0.1, 0.15) is 76.9 Å². The Bertz CT molecular complexity index is 4800. The molecular weight excluding hydrogens is 1780 g/mol. The number of carboxylic acid groups (broad SMARTS) is 6. The van der Waals surface area contributed by atoms with Crippen molar-refractivity contribution in [3.8, 4) is 22.3 Å². The van der Waals surface area contributed by atoms with E-state index in [2.05, 4.69) is 10.6 Å². The summed E-state index contributed by atoms with van der Waals surface area (Å²) >= 11 is 1.56. The van der Waals surface area contributed by atoms with Crippen molar-refractivity contribution in [2.75, 3.05) is 50.9 Å². The first kappa shape index (κ1) is 113. The van der Waals surface area contributed by atoms with Gasteiger partial charge in [-0.2, -0.15) is 26.3 Å². The number of amides is 4. The number of nitrogens with zero attached hydrogens (tertiary/aromatic N) is 4. The predicted octanol–water partition coefficient (Wildman–Crippen LogP) is 9.09. The number of aliphatic hydroxyl groups is 2. The Morgan fingerprint density at radius 3 is 1.11 bits per heavy atom. The molecule has 6 rings (SSSR count). The highest BCUT2D eigenvalue weighted by Crippen LogP contribution is 2.44. The van der Waals surface area contributed by atoms with Crippen LogP contribution in [0.15, 0.2) is 122 Å². The number of alkyl halides is 6. The molecule has 0 aliphatic heterocycles. The fourth-order valence-corrected chi connectivity index (χ4v) is 14.9. The Morgan fingerprint density at radius 1 is 0.438 bits per heavy atom. The van der Waals surface area contributed by atoms with Crippen LogP contribution in [-0.2, 0) is 80.2 Å². The summed E-state index contributed by atoms with van der Waals surface area (Å²) in [6.45, 7) is 10.4. The summed E-state index contributed by atoms with van der Waals surface area (Å²) in [5.41, 5.74) is 25.9. The summed E-state index contributed by atoms with van der Waals surface area (Å²) in [7, 11) is 0. The molecular formula is C86H108F10N10O22S2. The average molecular weight is 1890 g/mol. The van der Waals surface area contributed by atoms with Crippen molar-refractivity contribution in [1.82, 2.24) is 29.6 Å². The number of Topliss-reactive ketones (excluding diaryl/α,β-unsaturated/α-hetero) is 4. The van der Waals surface area contributed by atoms with Crippen LogP contribution < -0.4 is 33.6 Å². The van der Waals surface area contributed by atoms with Crippen LogP contribution >= 0.6 is 23.5 Å². The van der Waals surface area contributed by atoms with E-state index in [1.54, 1.807) is 24.5 Å². The summed E-state index contributed by atoms with van der Waals surface area (Å²) in [4.78, 5) is 168. The van der Waals surface area contributed by atoms with E-state index < -0.39 is 184 Å². The fraction of sp³-hybridized carbons (Fsp3) is 0.465. The predicted molar refractivity (Wildman–Crippen MR) is 456 cm³/mol. The van der Waals surface area contributed by atoms with Crippen molar-refractivity contribution >= 4 is 106 Å². The van der Waals surface area contributed by atoms with Crippen LogP contribution in [0.1, 0.15) is 153 Å². The summed E-state index contributed by atoms with van der Waals surface area (Å²) in [6.07, 6.45) is -7.94. The van der Waals surface area contributed by atoms with Gasteiger partial charge in [-0.15, -0.1) is 23.5 Å². The van der Waals surface area contributed by atoms with Crippen LogP contribution in [0.3, 0.4) is 0 Å². The second-order valence-electron chi connectivity index (χ2n) is 31.8. The summed E-state index contributed by atoms with van der Waals surface area (Å²) < 4.78 is 126. The van der Waals surface area contributed by atoms with Gasteiger partial charge in [0.15, 0.2) is 0 Å². The highest BCUT2D eigenvalue weighted by Gasteiger charge is 2.42. The van der Waals surface area contributed by atoms with E-state index in [4.69, 9.17) is 58.1 Å². The maximum atomic E-state index is 15.0. The van der Waals surface area contributed by atoms with Gasteiger partial charge in [0.25, 0.3) is 0 Å². The Balaban J connectivity index is 0.000000582. The smallest absolute Gasteiger partial charge is 0.481 e. The molecule has 2 heterocycles. The maximum Gasteiger partial charge on any atom is 0.490 e. The highest BCUT2D eigenvalue weighted by atomic mass is 32.2. The molecule has 0 aliphatic rings. The molecule has 0 bridgehead atoms. The molecule has 0 saturated heterocycles. The first-order valence-corrected chi connectivity index (χ1v) is 42.2. The molecule has 0 fully saturated rings. The van der Waals surface area contributed by atoms with Gasteiger partial charge in [-0.3, -0.25) is 57.5 Å². The lowest BCUT2D eigenvalue weighted by molar-refractivity contribution is -0.193. The lowest BCUT2D eigenvalue weighted by Gasteiger charge is -2.41. The molecule has 8 atom stereocenters. The van der Waals surface area contributed by atoms with Gasteiger partial charge in [0.2, 0.25) is 23.6 Å². The molecule has 32 nitrogen and oxygen atoms in total. The van der Waals surface area contributed by atoms with E-state index in [-0.39, 0.29) is 131 Å². The standard InChI is InChI=1S/2C41H53F2N5O9S.2C2HF3O2/c1-41(2,3)37(34-18-26(30-19-27(42)11-14-31(30)43)22-47(34)21-25-8-5-4-6-9-25)48(36(52)23-49)17-15-32(44)38(53)46-16-7-10-28(50)12-13-29(51)20-35(40(56)57)58-24-33(45)39(54)55;1-41(2,3)38(33-18-26(29-19-27(42)11-13-30(29)43)22-47(33)21-25-8-5-4-6-9-25)48(36(52)23-49)17-15-31(44)39(55)46-16-7-10-28(50)12-14-34(51)35(20-37(53)54)58-24-32(45)40(56)57;2*3-2(4,5)1(6)7/h4-6,8-9,11,14,18-19,22,32-33,35,37,49H,7,10,12-13,15-17,20-21,23-24,44-45H2,1-3H3,(H,46,53)(H,54,55)(H,56,57);4-6,8-9,11,13,18-19,22,31-32,35,38,49H,7,10,12,14-17,20-21,23-24,44-45H2,1-3H3,(H,46,55)(H,53,54)(H,56,57);2*(H,6,7)/t32-,33-,35?,37-;31-,32-,35?,38-;;/m00../s1. The molecule has 2 aromatic heterocycles. The zero-order valence-corrected chi connectivity index (χ0v) is 73.3. The number of benzene rings is 4. The van der Waals surface area contributed by atoms with Crippen LogP contribution in [0, 0.1) is 34.1 Å². The SMILES string of the molecule is CC(C)(C)[C@H](c1cc(-c2cc(F)ccc2F)cn1Cc1ccccc1)N(CC[C@H](N)C(=O)NCCCC(=O)CCC(=O)C(CC(=O)O)SC[C@H](N)C(=O)O)C(=O)CO.CC(C)(C)[C@H](c1cc(-c2cc(F)ccc2F)cn1Cc1ccccc1)N(CC[C@H](N)C(=O)NCCCC(=O)CCC(=O)CC(SC[C@H](N)C(=O)O)C(=O)O)C(=O)CO.O=C(O)C(F)(F)F.O=C(O)C(F)(F)F. The number of aliphatic carboxylic acids is 6. The third-order valence-electron chi connectivity index (χ3n) is 19.2. The monoisotopic (exact) mass is 1890 g/mol. The minimum Gasteiger partial charge on any atom is -0.481 e. The number of carbonyl (C=O) groups excluding carboxylic acids is 8. The number of carbonyl (C=O) groups is 14. The van der Waals surface area contributed by atoms with Crippen molar-refractivity contribution in [3.63, 3.8) is 0 Å². The van der Waals surface area contributed by atoms with Crippen molar-refractivity contribution < 1.29 is 152 Å². The van der Waals surface area contributed by atoms with Crippen molar-refractivity contribution in [2.45, 2.75) is 191 Å². The number of nitrogens with one attached hydrogen (secondary N) is 2. The van der Waals surface area contributed by atoms with Crippen molar-refractivity contribution in [2.24, 2.45) is 33.8 Å². The Kier molecular flexibility index (Phi) is 46.5. The van der Waals surface area contributed by atoms with E-state index in [0.29, 0.717) is 35.6 Å². The summed E-state index contributed by atoms with van der Waals surface area (Å²) in [5, 5.41) is 73.8. The number of thioether (sulfide) groups is 2. The van der Waals surface area contributed by atoms with E-state index in [1.807, 2.05) is 111 Å². The topological polar surface area (TPSA) is 545 Å². The van der Waals surface area contributed by atoms with Gasteiger partial charge in [-0.1, -0.05) is 102 Å². The van der Waals surface area contributed by atoms with Gasteiger partial charge in [0, 0.05) is 142 Å². The second kappa shape index (κ2) is 53.7. The van der Waals surface area contributed by atoms with Gasteiger partial charge in [-0.25, -0.2) is 27.2 Å². The number of aromatic nitrogens is 2. The van der Waals surface area contributed by atoms with Crippen molar-refractivity contribution in [3.05, 3.63) is 167 Å². The second-order valence-corrected chi connectivity index (χ2v) is 34.2. The van der Waals surface area contributed by atoms with Crippen LogP contribution in [0.5, 0.6) is 0 Å². The minimum absolute atomic E-state index is 0.00611. The van der Waals surface area contributed by atoms with Crippen LogP contribution in [0.25, 0.3) is 22.3 Å². The van der Waals surface area contributed by atoms with Gasteiger partial charge < -0.3 is 93.4 Å². The van der Waals surface area contributed by atoms with Gasteiger partial charge >= 0.3 is 48.2 Å². The molecule has 2 unspecified atom stereocenters. The number of rotatable bonds is 48. The Labute approximate surface area is 749 Å². The number of hydrogen-bond acceptors (Lipinski definition) is 22. The first-order chi connectivity index (χ1) is 60.5. The molecule has 0 spiro atoms. The minimum atomic E-state index is -5.08. The van der Waals surface area contributed by atoms with E-state index >= 15 is 8.78 Å². The third-order valence-corrected chi connectivity index (χ3v) is 21.9. The number of aliphatic hydroxyl groups excluding tert-OH is 2. The van der Waals surface area contributed by atoms with E-state index in [1.165, 1.54) is 9.80 Å². The first-order valence-electron chi connectivity index (χ1n) is 40.1. The average Bonchev–Trinajstić information content (AvgIpc) is 1.61. The number of carboxylic acids is 6. The van der Waals surface area contributed by atoms with E-state index in [0.717, 1.165) is 71.0 Å². The fourth-order valence-electron chi connectivity index (χ4n) is 12.8. The normalized spacial score (nSPS) is 13.3. The molecule has 18 N–H and O–H groups in total. The highest BCUT2D eigenvalue weighted by molar-refractivity contribution is 8.00.